The predicted molar refractivity (Wildman–Crippen MR) is 158 cm³/mol. The number of fused-ring (bicyclic) bond motifs is 1. The molecule has 1 fully saturated rings. The molecule has 0 saturated carbocycles. The number of furan rings is 1. The van der Waals surface area contributed by atoms with E-state index in [9.17, 15) is 28.9 Å². The molecule has 1 saturated heterocycles. The highest BCUT2D eigenvalue weighted by Crippen LogP contribution is 2.45. The van der Waals surface area contributed by atoms with Crippen molar-refractivity contribution in [2.24, 2.45) is 5.92 Å². The molecular weight excluding hydrogens is 655 g/mol. The van der Waals surface area contributed by atoms with E-state index in [1.807, 2.05) is 0 Å². The highest BCUT2D eigenvalue weighted by atomic mass is 31.2. The molecule has 0 radical (unpaired) electrons. The van der Waals surface area contributed by atoms with E-state index in [0.29, 0.717) is 27.0 Å². The van der Waals surface area contributed by atoms with Crippen molar-refractivity contribution in [3.8, 4) is 11.5 Å². The summed E-state index contributed by atoms with van der Waals surface area (Å²) in [4.78, 5) is 50.7. The molecule has 17 nitrogen and oxygen atoms in total. The largest absolute Gasteiger partial charge is 0.497 e. The number of ether oxygens (including phenoxy) is 4. The third-order valence-electron chi connectivity index (χ3n) is 7.01. The lowest BCUT2D eigenvalue weighted by Crippen LogP contribution is -2.45. The van der Waals surface area contributed by atoms with Gasteiger partial charge in [0.2, 0.25) is 12.1 Å². The van der Waals surface area contributed by atoms with Crippen LogP contribution in [0.5, 0.6) is 11.5 Å². The molecule has 4 rings (SSSR count). The zero-order valence-electron chi connectivity index (χ0n) is 25.8. The van der Waals surface area contributed by atoms with Gasteiger partial charge in [-0.2, -0.15) is 13.8 Å². The second kappa shape index (κ2) is 14.3. The number of carbonyl (C=O) groups excluding carboxylic acids is 2. The van der Waals surface area contributed by atoms with E-state index in [0.717, 1.165) is 12.3 Å². The van der Waals surface area contributed by atoms with Crippen LogP contribution in [-0.2, 0) is 30.0 Å². The molecule has 2 aromatic heterocycles. The summed E-state index contributed by atoms with van der Waals surface area (Å²) in [6, 6.07) is 4.75. The van der Waals surface area contributed by atoms with Crippen molar-refractivity contribution in [1.82, 2.24) is 20.0 Å². The van der Waals surface area contributed by atoms with Crippen molar-refractivity contribution in [3.05, 3.63) is 46.7 Å². The molecule has 1 aromatic carbocycles. The van der Waals surface area contributed by atoms with E-state index in [2.05, 4.69) is 20.7 Å². The second-order valence-corrected chi connectivity index (χ2v) is 12.1. The van der Waals surface area contributed by atoms with Gasteiger partial charge in [0.1, 0.15) is 23.4 Å². The van der Waals surface area contributed by atoms with Crippen LogP contribution in [0.4, 0.5) is 19.4 Å². The summed E-state index contributed by atoms with van der Waals surface area (Å²) in [6.07, 6.45) is -7.03. The number of benzene rings is 1. The molecule has 47 heavy (non-hydrogen) atoms. The quantitative estimate of drug-likeness (QED) is 0.162. The van der Waals surface area contributed by atoms with Crippen LogP contribution in [-0.4, -0.2) is 83.6 Å². The van der Waals surface area contributed by atoms with Gasteiger partial charge in [0.25, 0.3) is 0 Å². The van der Waals surface area contributed by atoms with Gasteiger partial charge in [-0.25, -0.2) is 19.2 Å². The molecule has 1 aliphatic heterocycles. The predicted octanol–water partition coefficient (Wildman–Crippen LogP) is 2.13. The highest BCUT2D eigenvalue weighted by molar-refractivity contribution is 7.50. The Morgan fingerprint density at radius 1 is 1.21 bits per heavy atom. The number of amides is 2. The van der Waals surface area contributed by atoms with Gasteiger partial charge in [-0.05, 0) is 24.1 Å². The minimum atomic E-state index is -4.75. The Morgan fingerprint density at radius 3 is 2.55 bits per heavy atom. The number of likely N-dealkylation sites (N-methyl/N-ethyl adjacent to an activating group) is 1. The van der Waals surface area contributed by atoms with Crippen molar-refractivity contribution in [2.45, 2.75) is 50.9 Å². The number of methoxy groups -OCH3 is 2. The van der Waals surface area contributed by atoms with E-state index in [1.54, 1.807) is 32.0 Å². The number of aliphatic hydroxyl groups excluding tert-OH is 1. The van der Waals surface area contributed by atoms with Gasteiger partial charge in [-0.15, -0.1) is 0 Å². The second-order valence-electron chi connectivity index (χ2n) is 10.6. The van der Waals surface area contributed by atoms with Crippen LogP contribution >= 0.6 is 7.75 Å². The number of aliphatic hydroxyl groups is 1. The first kappa shape index (κ1) is 35.7. The Morgan fingerprint density at radius 2 is 1.94 bits per heavy atom. The smallest absolute Gasteiger partial charge is 0.413 e. The first-order valence-corrected chi connectivity index (χ1v) is 15.5. The summed E-state index contributed by atoms with van der Waals surface area (Å²) >= 11 is 0. The van der Waals surface area contributed by atoms with E-state index < -0.39 is 68.4 Å². The first-order chi connectivity index (χ1) is 22.1. The SMILES string of the molecule is CNC(=O)C(NP(=O)(O)OC[C@H]1OC(n2ccc(NC(=O)OCc3cc4cc(OC)cc(OC)c4o3)nc2=O)C(F)(F)[C@@H]1O)C(C)C. The van der Waals surface area contributed by atoms with E-state index in [1.165, 1.54) is 21.3 Å². The Labute approximate surface area is 265 Å². The van der Waals surface area contributed by atoms with Crippen molar-refractivity contribution in [3.63, 3.8) is 0 Å². The summed E-state index contributed by atoms with van der Waals surface area (Å²) in [5, 5.41) is 17.5. The standard InChI is InChI=1S/C27H34F2N5O12P/c1-13(2)20(23(36)30-3)33-47(39,40)44-12-18-22(35)27(28,29)24(46-18)34-7-6-19(31-25(34)37)32-26(38)43-11-16-9-14-8-15(41-4)10-17(42-5)21(14)45-16/h6-10,13,18,20,22,24,35H,11-12H2,1-5H3,(H,30,36)(H2,33,39,40)(H,31,32,37,38)/t18-,20?,22-,24?/m1/s1. The van der Waals surface area contributed by atoms with Gasteiger partial charge in [0, 0.05) is 24.7 Å². The summed E-state index contributed by atoms with van der Waals surface area (Å²) < 4.78 is 74.2. The number of nitrogens with one attached hydrogen (secondary N) is 3. The molecule has 3 aromatic rings. The van der Waals surface area contributed by atoms with Gasteiger partial charge in [-0.1, -0.05) is 13.8 Å². The average molecular weight is 690 g/mol. The number of halogens is 2. The lowest BCUT2D eigenvalue weighted by atomic mass is 10.1. The number of carbonyl (C=O) groups is 2. The topological polar surface area (TPSA) is 222 Å². The summed E-state index contributed by atoms with van der Waals surface area (Å²) in [5.41, 5.74) is -0.898. The molecule has 2 amide bonds. The molecule has 0 aliphatic carbocycles. The normalized spacial score (nSPS) is 20.9. The minimum Gasteiger partial charge on any atom is -0.497 e. The van der Waals surface area contributed by atoms with Crippen LogP contribution in [0, 0.1) is 5.92 Å². The highest BCUT2D eigenvalue weighted by Gasteiger charge is 2.60. The number of anilines is 1. The zero-order chi connectivity index (χ0) is 34.7. The molecule has 5 atom stereocenters. The van der Waals surface area contributed by atoms with Gasteiger partial charge >= 0.3 is 25.5 Å². The molecule has 0 spiro atoms. The van der Waals surface area contributed by atoms with E-state index in [-0.39, 0.29) is 18.2 Å². The summed E-state index contributed by atoms with van der Waals surface area (Å²) in [7, 11) is -0.496. The fourth-order valence-corrected chi connectivity index (χ4v) is 5.78. The molecular formula is C27H34F2N5O12P. The van der Waals surface area contributed by atoms with Crippen molar-refractivity contribution in [1.29, 1.82) is 0 Å². The number of hydrogen-bond donors (Lipinski definition) is 5. The first-order valence-electron chi connectivity index (χ1n) is 14.0. The maximum Gasteiger partial charge on any atom is 0.413 e. The number of hydrogen-bond acceptors (Lipinski definition) is 12. The molecule has 3 heterocycles. The Balaban J connectivity index is 1.38. The Kier molecular flexibility index (Phi) is 10.9. The molecule has 20 heteroatoms. The monoisotopic (exact) mass is 689 g/mol. The van der Waals surface area contributed by atoms with Crippen LogP contribution in [0.25, 0.3) is 11.0 Å². The summed E-state index contributed by atoms with van der Waals surface area (Å²) in [5.74, 6) is -4.34. The van der Waals surface area contributed by atoms with E-state index in [4.69, 9.17) is 27.9 Å². The Hall–Kier alpha value is -4.13. The fourth-order valence-electron chi connectivity index (χ4n) is 4.59. The Bertz CT molecular complexity index is 1720. The van der Waals surface area contributed by atoms with Gasteiger partial charge in [0.05, 0.1) is 26.9 Å². The lowest BCUT2D eigenvalue weighted by molar-refractivity contribution is -0.140. The maximum atomic E-state index is 15.0. The molecule has 3 unspecified atom stereocenters. The molecule has 5 N–H and O–H groups in total. The number of nitrogens with zero attached hydrogens (tertiary/aromatic N) is 2. The van der Waals surface area contributed by atoms with Crippen molar-refractivity contribution in [2.75, 3.05) is 33.2 Å². The van der Waals surface area contributed by atoms with Crippen LogP contribution in [0.3, 0.4) is 0 Å². The molecule has 258 valence electrons. The van der Waals surface area contributed by atoms with Gasteiger partial charge < -0.3 is 38.7 Å². The minimum absolute atomic E-state index is 0.252. The van der Waals surface area contributed by atoms with Crippen LogP contribution < -0.4 is 30.9 Å². The fraction of sp³-hybridized carbons (Fsp3) is 0.481. The van der Waals surface area contributed by atoms with Crippen molar-refractivity contribution >= 4 is 36.5 Å². The lowest BCUT2D eigenvalue weighted by Gasteiger charge is -2.24. The summed E-state index contributed by atoms with van der Waals surface area (Å²) in [6.45, 7) is 1.85. The molecule has 0 bridgehead atoms. The third-order valence-corrected chi connectivity index (χ3v) is 8.12. The van der Waals surface area contributed by atoms with Gasteiger partial charge in [-0.3, -0.25) is 19.2 Å². The van der Waals surface area contributed by atoms with Crippen LogP contribution in [0.15, 0.2) is 39.7 Å². The van der Waals surface area contributed by atoms with Crippen LogP contribution in [0.2, 0.25) is 0 Å². The third kappa shape index (κ3) is 8.06. The van der Waals surface area contributed by atoms with Crippen LogP contribution in [0.1, 0.15) is 25.8 Å². The van der Waals surface area contributed by atoms with E-state index >= 15 is 8.78 Å². The maximum absolute atomic E-state index is 15.0. The van der Waals surface area contributed by atoms with Gasteiger partial charge in [0.15, 0.2) is 24.0 Å². The average Bonchev–Trinajstić information content (AvgIpc) is 3.54. The molecule has 1 aliphatic rings. The van der Waals surface area contributed by atoms with Crippen molar-refractivity contribution < 1.29 is 60.8 Å². The number of rotatable bonds is 13. The zero-order valence-corrected chi connectivity index (χ0v) is 26.7. The number of alkyl halides is 2. The number of aromatic nitrogens is 2.